The first-order chi connectivity index (χ1) is 10.6. The first kappa shape index (κ1) is 17.0. The number of carbonyl (C=O) groups excluding carboxylic acids is 1. The summed E-state index contributed by atoms with van der Waals surface area (Å²) in [5, 5.41) is 10.0. The molecule has 1 aliphatic rings. The van der Waals surface area contributed by atoms with Gasteiger partial charge in [-0.15, -0.1) is 0 Å². The predicted octanol–water partition coefficient (Wildman–Crippen LogP) is 2.52. The van der Waals surface area contributed by atoms with Crippen LogP contribution in [-0.4, -0.2) is 49.2 Å². The van der Waals surface area contributed by atoms with Crippen LogP contribution >= 0.6 is 0 Å². The molecule has 2 rings (SSSR count). The van der Waals surface area contributed by atoms with Crippen LogP contribution in [0.15, 0.2) is 30.3 Å². The second-order valence-corrected chi connectivity index (χ2v) is 6.41. The van der Waals surface area contributed by atoms with Gasteiger partial charge in [0.2, 0.25) is 5.91 Å². The van der Waals surface area contributed by atoms with E-state index in [1.54, 1.807) is 4.90 Å². The number of hydrogen-bond acceptors (Lipinski definition) is 3. The van der Waals surface area contributed by atoms with E-state index in [0.29, 0.717) is 12.3 Å². The summed E-state index contributed by atoms with van der Waals surface area (Å²) in [5.41, 5.74) is 0.929. The maximum Gasteiger partial charge on any atom is 0.228 e. The fourth-order valence-electron chi connectivity index (χ4n) is 3.14. The van der Waals surface area contributed by atoms with Crippen LogP contribution in [0.3, 0.4) is 0 Å². The van der Waals surface area contributed by atoms with Crippen molar-refractivity contribution in [2.24, 2.45) is 5.92 Å². The highest BCUT2D eigenvalue weighted by Gasteiger charge is 2.24. The number of aliphatic hydroxyl groups is 1. The van der Waals surface area contributed by atoms with Crippen molar-refractivity contribution in [2.45, 2.75) is 38.2 Å². The highest BCUT2D eigenvalue weighted by molar-refractivity contribution is 5.92. The molecule has 0 aromatic heterocycles. The average molecular weight is 304 g/mol. The molecule has 2 unspecified atom stereocenters. The van der Waals surface area contributed by atoms with Crippen LogP contribution < -0.4 is 4.90 Å². The number of hydrogen-bond donors (Lipinski definition) is 1. The topological polar surface area (TPSA) is 43.8 Å². The number of aliphatic hydroxyl groups excluding tert-OH is 1. The van der Waals surface area contributed by atoms with Crippen molar-refractivity contribution in [3.8, 4) is 0 Å². The molecule has 0 saturated heterocycles. The van der Waals surface area contributed by atoms with Crippen LogP contribution in [-0.2, 0) is 4.79 Å². The van der Waals surface area contributed by atoms with Gasteiger partial charge < -0.3 is 14.9 Å². The largest absolute Gasteiger partial charge is 0.393 e. The van der Waals surface area contributed by atoms with E-state index < -0.39 is 0 Å². The first-order valence-corrected chi connectivity index (χ1v) is 8.26. The van der Waals surface area contributed by atoms with Gasteiger partial charge in [0, 0.05) is 32.2 Å². The number of anilines is 1. The SMILES string of the molecule is CN(CCC(=O)N(C)c1ccccc1)CC1CCCCC1O. The van der Waals surface area contributed by atoms with Crippen molar-refractivity contribution in [3.63, 3.8) is 0 Å². The molecule has 4 nitrogen and oxygen atoms in total. The lowest BCUT2D eigenvalue weighted by Crippen LogP contribution is -2.37. The molecule has 1 aromatic rings. The molecule has 122 valence electrons. The highest BCUT2D eigenvalue weighted by Crippen LogP contribution is 2.24. The Morgan fingerprint density at radius 1 is 1.18 bits per heavy atom. The van der Waals surface area contributed by atoms with Crippen LogP contribution in [0.2, 0.25) is 0 Å². The highest BCUT2D eigenvalue weighted by atomic mass is 16.3. The smallest absolute Gasteiger partial charge is 0.228 e. The van der Waals surface area contributed by atoms with Gasteiger partial charge in [0.1, 0.15) is 0 Å². The molecule has 0 bridgehead atoms. The van der Waals surface area contributed by atoms with Gasteiger partial charge in [0.05, 0.1) is 6.10 Å². The minimum absolute atomic E-state index is 0.127. The monoisotopic (exact) mass is 304 g/mol. The molecule has 4 heteroatoms. The van der Waals surface area contributed by atoms with E-state index in [1.165, 1.54) is 6.42 Å². The summed E-state index contributed by atoms with van der Waals surface area (Å²) in [6.45, 7) is 1.61. The quantitative estimate of drug-likeness (QED) is 0.878. The van der Waals surface area contributed by atoms with Gasteiger partial charge >= 0.3 is 0 Å². The zero-order valence-corrected chi connectivity index (χ0v) is 13.7. The number of benzene rings is 1. The third kappa shape index (κ3) is 4.82. The van der Waals surface area contributed by atoms with Crippen molar-refractivity contribution >= 4 is 11.6 Å². The van der Waals surface area contributed by atoms with Crippen molar-refractivity contribution in [3.05, 3.63) is 30.3 Å². The molecule has 1 amide bonds. The van der Waals surface area contributed by atoms with Crippen molar-refractivity contribution < 1.29 is 9.90 Å². The molecule has 0 radical (unpaired) electrons. The van der Waals surface area contributed by atoms with E-state index in [2.05, 4.69) is 4.90 Å². The maximum absolute atomic E-state index is 12.3. The van der Waals surface area contributed by atoms with Crippen molar-refractivity contribution in [1.29, 1.82) is 0 Å². The van der Waals surface area contributed by atoms with Gasteiger partial charge in [-0.05, 0) is 37.9 Å². The molecule has 1 saturated carbocycles. The fourth-order valence-corrected chi connectivity index (χ4v) is 3.14. The van der Waals surface area contributed by atoms with Gasteiger partial charge in [0.25, 0.3) is 0 Å². The number of carbonyl (C=O) groups is 1. The molecule has 0 spiro atoms. The van der Waals surface area contributed by atoms with Gasteiger partial charge in [-0.3, -0.25) is 4.79 Å². The molecule has 22 heavy (non-hydrogen) atoms. The summed E-state index contributed by atoms with van der Waals surface area (Å²) in [6.07, 6.45) is 4.72. The Bertz CT molecular complexity index is 463. The Morgan fingerprint density at radius 2 is 1.86 bits per heavy atom. The van der Waals surface area contributed by atoms with Gasteiger partial charge in [0.15, 0.2) is 0 Å². The number of para-hydroxylation sites is 1. The second-order valence-electron chi connectivity index (χ2n) is 6.41. The Kier molecular flexibility index (Phi) is 6.40. The molecule has 2 atom stereocenters. The molecule has 0 heterocycles. The zero-order chi connectivity index (χ0) is 15.9. The lowest BCUT2D eigenvalue weighted by molar-refractivity contribution is -0.118. The maximum atomic E-state index is 12.3. The van der Waals surface area contributed by atoms with Gasteiger partial charge in [-0.2, -0.15) is 0 Å². The van der Waals surface area contributed by atoms with Crippen LogP contribution in [0.25, 0.3) is 0 Å². The Hall–Kier alpha value is -1.39. The molecule has 1 N–H and O–H groups in total. The lowest BCUT2D eigenvalue weighted by Gasteiger charge is -2.31. The summed E-state index contributed by atoms with van der Waals surface area (Å²) in [7, 11) is 3.86. The molecule has 1 aromatic carbocycles. The Labute approximate surface area is 133 Å². The normalized spacial score (nSPS) is 21.8. The van der Waals surface area contributed by atoms with Gasteiger partial charge in [-0.1, -0.05) is 31.0 Å². The van der Waals surface area contributed by atoms with Crippen LogP contribution in [0, 0.1) is 5.92 Å². The minimum Gasteiger partial charge on any atom is -0.393 e. The molecule has 0 aliphatic heterocycles. The van der Waals surface area contributed by atoms with E-state index in [-0.39, 0.29) is 12.0 Å². The van der Waals surface area contributed by atoms with Crippen molar-refractivity contribution in [2.75, 3.05) is 32.1 Å². The predicted molar refractivity (Wildman–Crippen MR) is 89.9 cm³/mol. The number of rotatable bonds is 6. The fraction of sp³-hybridized carbons (Fsp3) is 0.611. The summed E-state index contributed by atoms with van der Waals surface area (Å²) >= 11 is 0. The Balaban J connectivity index is 1.75. The van der Waals surface area contributed by atoms with E-state index in [1.807, 2.05) is 44.4 Å². The first-order valence-electron chi connectivity index (χ1n) is 8.26. The van der Waals surface area contributed by atoms with E-state index in [4.69, 9.17) is 0 Å². The third-order valence-electron chi connectivity index (χ3n) is 4.64. The van der Waals surface area contributed by atoms with E-state index in [0.717, 1.165) is 38.0 Å². The minimum atomic E-state index is -0.168. The number of nitrogens with zero attached hydrogens (tertiary/aromatic N) is 2. The average Bonchev–Trinajstić information content (AvgIpc) is 2.55. The van der Waals surface area contributed by atoms with Gasteiger partial charge in [-0.25, -0.2) is 0 Å². The molecule has 1 fully saturated rings. The molecular weight excluding hydrogens is 276 g/mol. The standard InChI is InChI=1S/C18H28N2O2/c1-19(14-15-8-6-7-11-17(15)21)13-12-18(22)20(2)16-9-4-3-5-10-16/h3-5,9-10,15,17,21H,6-8,11-14H2,1-2H3. The van der Waals surface area contributed by atoms with E-state index in [9.17, 15) is 9.90 Å². The lowest BCUT2D eigenvalue weighted by atomic mass is 9.86. The number of amides is 1. The van der Waals surface area contributed by atoms with Crippen molar-refractivity contribution in [1.82, 2.24) is 4.90 Å². The Morgan fingerprint density at radius 3 is 2.55 bits per heavy atom. The third-order valence-corrected chi connectivity index (χ3v) is 4.64. The zero-order valence-electron chi connectivity index (χ0n) is 13.7. The van der Waals surface area contributed by atoms with Crippen LogP contribution in [0.5, 0.6) is 0 Å². The van der Waals surface area contributed by atoms with E-state index >= 15 is 0 Å². The summed E-state index contributed by atoms with van der Waals surface area (Å²) in [4.78, 5) is 16.1. The van der Waals surface area contributed by atoms with Crippen LogP contribution in [0.4, 0.5) is 5.69 Å². The second kappa shape index (κ2) is 8.30. The molecule has 1 aliphatic carbocycles. The summed E-state index contributed by atoms with van der Waals surface area (Å²) in [5.74, 6) is 0.489. The summed E-state index contributed by atoms with van der Waals surface area (Å²) < 4.78 is 0. The molecular formula is C18H28N2O2. The van der Waals surface area contributed by atoms with Crippen LogP contribution in [0.1, 0.15) is 32.1 Å². The summed E-state index contributed by atoms with van der Waals surface area (Å²) in [6, 6.07) is 9.72.